The minimum atomic E-state index is -4.97. The number of hydrazine groups is 1. The van der Waals surface area contributed by atoms with Crippen molar-refractivity contribution in [1.29, 1.82) is 0 Å². The van der Waals surface area contributed by atoms with E-state index in [2.05, 4.69) is 35.6 Å². The number of nitrogens with two attached hydrogens (primary N) is 2. The molecule has 1 unspecified atom stereocenters. The second-order valence-corrected chi connectivity index (χ2v) is 11.1. The SMILES string of the molecule is C=N/C=C(C)\C=C(/CN(CCC(C)CC)CC1CC1)CN(Cc1cc(C(F)(F)F)cc(C(F)(F)F)c1)/C(N)=N/N(C)N. The Labute approximate surface area is 244 Å². The summed E-state index contributed by atoms with van der Waals surface area (Å²) >= 11 is 0. The third-order valence-electron chi connectivity index (χ3n) is 7.00. The number of nitrogens with zero attached hydrogens (tertiary/aromatic N) is 5. The van der Waals surface area contributed by atoms with E-state index in [1.165, 1.54) is 11.9 Å². The summed E-state index contributed by atoms with van der Waals surface area (Å²) in [5, 5.41) is 4.92. The van der Waals surface area contributed by atoms with E-state index in [9.17, 15) is 26.3 Å². The molecule has 0 aliphatic heterocycles. The van der Waals surface area contributed by atoms with E-state index in [0.29, 0.717) is 30.5 Å². The van der Waals surface area contributed by atoms with Crippen molar-refractivity contribution in [2.24, 2.45) is 33.5 Å². The first-order valence-electron chi connectivity index (χ1n) is 13.9. The van der Waals surface area contributed by atoms with Crippen LogP contribution >= 0.6 is 0 Å². The normalized spacial score (nSPS) is 16.1. The van der Waals surface area contributed by atoms with E-state index in [0.717, 1.165) is 55.0 Å². The van der Waals surface area contributed by atoms with Crippen LogP contribution in [0.3, 0.4) is 0 Å². The summed E-state index contributed by atoms with van der Waals surface area (Å²) in [4.78, 5) is 7.58. The van der Waals surface area contributed by atoms with Crippen LogP contribution in [0.1, 0.15) is 63.1 Å². The highest BCUT2D eigenvalue weighted by molar-refractivity contribution is 5.78. The van der Waals surface area contributed by atoms with Gasteiger partial charge in [0.15, 0.2) is 0 Å². The Morgan fingerprint density at radius 3 is 2.17 bits per heavy atom. The van der Waals surface area contributed by atoms with Crippen LogP contribution in [0.2, 0.25) is 0 Å². The van der Waals surface area contributed by atoms with Gasteiger partial charge in [-0.2, -0.15) is 26.3 Å². The van der Waals surface area contributed by atoms with Crippen LogP contribution < -0.4 is 11.6 Å². The monoisotopic (exact) mass is 603 g/mol. The quantitative estimate of drug-likeness (QED) is 0.0619. The number of hydrazone groups is 1. The van der Waals surface area contributed by atoms with Gasteiger partial charge < -0.3 is 10.6 Å². The van der Waals surface area contributed by atoms with Crippen LogP contribution in [0.25, 0.3) is 0 Å². The zero-order chi connectivity index (χ0) is 31.7. The van der Waals surface area contributed by atoms with Gasteiger partial charge in [0.2, 0.25) is 5.96 Å². The third kappa shape index (κ3) is 12.4. The maximum Gasteiger partial charge on any atom is 0.416 e. The minimum absolute atomic E-state index is 0.0770. The molecule has 0 aromatic heterocycles. The van der Waals surface area contributed by atoms with Crippen molar-refractivity contribution in [1.82, 2.24) is 14.9 Å². The predicted molar refractivity (Wildman–Crippen MR) is 155 cm³/mol. The van der Waals surface area contributed by atoms with Crippen LogP contribution in [0, 0.1) is 11.8 Å². The van der Waals surface area contributed by atoms with Gasteiger partial charge >= 0.3 is 12.4 Å². The van der Waals surface area contributed by atoms with Crippen molar-refractivity contribution in [2.75, 3.05) is 33.2 Å². The molecular formula is C29H43F6N7. The Hall–Kier alpha value is -3.06. The van der Waals surface area contributed by atoms with Gasteiger partial charge in [0.05, 0.1) is 11.1 Å². The number of guanidine groups is 1. The maximum absolute atomic E-state index is 13.6. The highest BCUT2D eigenvalue weighted by atomic mass is 19.4. The average molecular weight is 604 g/mol. The molecule has 0 amide bonds. The number of hydrogen-bond donors (Lipinski definition) is 2. The average Bonchev–Trinajstić information content (AvgIpc) is 3.69. The lowest BCUT2D eigenvalue weighted by Crippen LogP contribution is -2.42. The number of hydrogen-bond acceptors (Lipinski definition) is 5. The molecule has 0 heterocycles. The van der Waals surface area contributed by atoms with Gasteiger partial charge in [-0.3, -0.25) is 9.89 Å². The molecule has 2 rings (SSSR count). The maximum atomic E-state index is 13.6. The molecule has 0 radical (unpaired) electrons. The van der Waals surface area contributed by atoms with Crippen LogP contribution in [0.15, 0.2) is 51.7 Å². The largest absolute Gasteiger partial charge is 0.416 e. The van der Waals surface area contributed by atoms with Crippen molar-refractivity contribution in [3.63, 3.8) is 0 Å². The Kier molecular flexibility index (Phi) is 12.9. The van der Waals surface area contributed by atoms with Crippen LogP contribution in [-0.4, -0.2) is 60.8 Å². The number of benzene rings is 1. The number of allylic oxidation sites excluding steroid dienone is 2. The van der Waals surface area contributed by atoms with Gasteiger partial charge in [-0.25, -0.2) is 11.0 Å². The Balaban J connectivity index is 2.51. The molecule has 1 aliphatic rings. The Morgan fingerprint density at radius 1 is 1.10 bits per heavy atom. The molecule has 0 saturated heterocycles. The topological polar surface area (TPSA) is 86.5 Å². The first-order chi connectivity index (χ1) is 19.5. The van der Waals surface area contributed by atoms with E-state index in [4.69, 9.17) is 11.6 Å². The summed E-state index contributed by atoms with van der Waals surface area (Å²) in [6, 6.07) is 1.50. The lowest BCUT2D eigenvalue weighted by Gasteiger charge is -2.30. The number of rotatable bonds is 15. The van der Waals surface area contributed by atoms with E-state index >= 15 is 0 Å². The summed E-state index contributed by atoms with van der Waals surface area (Å²) in [5.74, 6) is 6.63. The summed E-state index contributed by atoms with van der Waals surface area (Å²) in [6.45, 7) is 11.6. The van der Waals surface area contributed by atoms with Gasteiger partial charge in [0.25, 0.3) is 0 Å². The molecule has 42 heavy (non-hydrogen) atoms. The van der Waals surface area contributed by atoms with Gasteiger partial charge in [0, 0.05) is 39.4 Å². The molecule has 0 bridgehead atoms. The minimum Gasteiger partial charge on any atom is -0.368 e. The Morgan fingerprint density at radius 2 is 1.69 bits per heavy atom. The van der Waals surface area contributed by atoms with E-state index in [-0.39, 0.29) is 30.7 Å². The predicted octanol–water partition coefficient (Wildman–Crippen LogP) is 6.24. The zero-order valence-electron chi connectivity index (χ0n) is 24.8. The molecular weight excluding hydrogens is 560 g/mol. The van der Waals surface area contributed by atoms with Crippen LogP contribution in [0.4, 0.5) is 26.3 Å². The second-order valence-electron chi connectivity index (χ2n) is 11.1. The van der Waals surface area contributed by atoms with Crippen LogP contribution in [-0.2, 0) is 18.9 Å². The fourth-order valence-electron chi connectivity index (χ4n) is 4.46. The molecule has 1 aromatic carbocycles. The lowest BCUT2D eigenvalue weighted by atomic mass is 10.0. The van der Waals surface area contributed by atoms with Gasteiger partial charge in [-0.05, 0) is 86.2 Å². The van der Waals surface area contributed by atoms with Crippen molar-refractivity contribution in [2.45, 2.75) is 65.4 Å². The lowest BCUT2D eigenvalue weighted by molar-refractivity contribution is -0.143. The molecule has 1 saturated carbocycles. The first-order valence-corrected chi connectivity index (χ1v) is 13.9. The molecule has 1 atom stereocenters. The molecule has 4 N–H and O–H groups in total. The summed E-state index contributed by atoms with van der Waals surface area (Å²) in [7, 11) is 1.41. The zero-order valence-corrected chi connectivity index (χ0v) is 24.8. The molecule has 236 valence electrons. The van der Waals surface area contributed by atoms with Gasteiger partial charge in [-0.1, -0.05) is 26.3 Å². The molecule has 1 aliphatic carbocycles. The summed E-state index contributed by atoms with van der Waals surface area (Å²) in [5.41, 5.74) is 4.81. The highest BCUT2D eigenvalue weighted by Crippen LogP contribution is 2.36. The van der Waals surface area contributed by atoms with E-state index < -0.39 is 23.5 Å². The fourth-order valence-corrected chi connectivity index (χ4v) is 4.46. The second kappa shape index (κ2) is 15.4. The van der Waals surface area contributed by atoms with Crippen LogP contribution in [0.5, 0.6) is 0 Å². The smallest absolute Gasteiger partial charge is 0.368 e. The molecule has 7 nitrogen and oxygen atoms in total. The van der Waals surface area contributed by atoms with Crippen molar-refractivity contribution < 1.29 is 26.3 Å². The summed E-state index contributed by atoms with van der Waals surface area (Å²) < 4.78 is 81.3. The van der Waals surface area contributed by atoms with E-state index in [1.807, 2.05) is 13.0 Å². The van der Waals surface area contributed by atoms with Crippen molar-refractivity contribution >= 4 is 12.7 Å². The highest BCUT2D eigenvalue weighted by Gasteiger charge is 2.37. The van der Waals surface area contributed by atoms with Gasteiger partial charge in [0.1, 0.15) is 0 Å². The number of alkyl halides is 6. The molecule has 1 fully saturated rings. The van der Waals surface area contributed by atoms with Crippen molar-refractivity contribution in [3.8, 4) is 0 Å². The third-order valence-corrected chi connectivity index (χ3v) is 7.00. The van der Waals surface area contributed by atoms with Crippen molar-refractivity contribution in [3.05, 3.63) is 58.3 Å². The molecule has 1 aromatic rings. The first kappa shape index (κ1) is 35.1. The summed E-state index contributed by atoms with van der Waals surface area (Å²) in [6.07, 6.45) is -2.12. The number of aliphatic imine (C=N–C) groups is 1. The molecule has 13 heteroatoms. The van der Waals surface area contributed by atoms with Gasteiger partial charge in [-0.15, -0.1) is 5.10 Å². The number of halogens is 6. The Bertz CT molecular complexity index is 1090. The standard InChI is InChI=1S/C29H43F6N7/c1-6-20(2)9-10-41(16-22-7-8-22)17-24(11-21(3)15-38-4)19-42(27(36)39-40(5)37)18-23-12-25(28(30,31)32)14-26(13-23)29(33,34)35/h11-15,20,22H,4,6-10,16-19,37H2,1-3,5H3,(H2,36,39)/b21-15-,24-11+. The van der Waals surface area contributed by atoms with E-state index in [1.54, 1.807) is 6.20 Å². The molecule has 0 spiro atoms. The fraction of sp³-hybridized carbons (Fsp3) is 0.586.